The molecule has 0 spiro atoms. The maximum absolute atomic E-state index is 13.3. The first-order valence-electron chi connectivity index (χ1n) is 13.8. The van der Waals surface area contributed by atoms with Crippen molar-refractivity contribution in [2.24, 2.45) is 0 Å². The number of fused-ring (bicyclic) bond motifs is 1. The highest BCUT2D eigenvalue weighted by molar-refractivity contribution is 5.89. The minimum Gasteiger partial charge on any atom is -0.497 e. The van der Waals surface area contributed by atoms with Crippen molar-refractivity contribution in [1.29, 1.82) is 0 Å². The largest absolute Gasteiger partial charge is 0.497 e. The summed E-state index contributed by atoms with van der Waals surface area (Å²) in [6, 6.07) is 27.2. The van der Waals surface area contributed by atoms with Gasteiger partial charge in [0, 0.05) is 47.9 Å². The lowest BCUT2D eigenvalue weighted by Crippen LogP contribution is -2.66. The van der Waals surface area contributed by atoms with E-state index in [-0.39, 0.29) is 6.03 Å². The zero-order chi connectivity index (χ0) is 26.3. The van der Waals surface area contributed by atoms with Crippen LogP contribution in [0.5, 0.6) is 5.75 Å². The van der Waals surface area contributed by atoms with Gasteiger partial charge in [-0.05, 0) is 79.9 Å². The Morgan fingerprint density at radius 3 is 2.29 bits per heavy atom. The second-order valence-electron chi connectivity index (χ2n) is 10.2. The highest BCUT2D eigenvalue weighted by Gasteiger charge is 2.49. The Morgan fingerprint density at radius 1 is 0.921 bits per heavy atom. The minimum absolute atomic E-state index is 0.0266. The minimum atomic E-state index is -0.0266. The van der Waals surface area contributed by atoms with Crippen molar-refractivity contribution in [1.82, 2.24) is 9.80 Å². The fourth-order valence-electron chi connectivity index (χ4n) is 5.88. The molecule has 2 aliphatic heterocycles. The van der Waals surface area contributed by atoms with Crippen molar-refractivity contribution in [2.45, 2.75) is 50.6 Å². The van der Waals surface area contributed by atoms with Crippen LogP contribution < -0.4 is 10.1 Å². The van der Waals surface area contributed by atoms with Crippen LogP contribution in [0.25, 0.3) is 0 Å². The van der Waals surface area contributed by atoms with E-state index in [0.717, 1.165) is 61.5 Å². The molecule has 0 aliphatic carbocycles. The lowest BCUT2D eigenvalue weighted by Gasteiger charge is -2.58. The molecule has 2 aliphatic rings. The molecule has 38 heavy (non-hydrogen) atoms. The van der Waals surface area contributed by atoms with Gasteiger partial charge in [0.2, 0.25) is 0 Å². The normalized spacial score (nSPS) is 21.1. The molecule has 1 N–H and O–H groups in total. The molecular formula is C33H37N3O2. The number of hydrogen-bond donors (Lipinski definition) is 1. The van der Waals surface area contributed by atoms with E-state index < -0.39 is 0 Å². The van der Waals surface area contributed by atoms with E-state index in [0.29, 0.717) is 18.0 Å². The first kappa shape index (κ1) is 25.9. The Hall–Kier alpha value is -3.75. The molecule has 2 fully saturated rings. The third-order valence-electron chi connectivity index (χ3n) is 7.82. The molecule has 0 saturated carbocycles. The van der Waals surface area contributed by atoms with Crippen LogP contribution in [0, 0.1) is 11.8 Å². The number of rotatable bonds is 5. The highest BCUT2D eigenvalue weighted by atomic mass is 16.5. The standard InChI is InChI=1S/C33H37N3O2/c1-3-9-30-32(27-16-14-26(15-17-27)13-12-25-10-5-4-6-11-25)31-24-35(22-7-8-23-36(30)31)33(37)34-28-18-20-29(38-2)21-19-28/h4-6,10-11,14-21,30-32H,3,7-9,22-24H2,1-2H3,(H,34,37)/t30-,31+,32+/m1/s1. The van der Waals surface area contributed by atoms with Crippen molar-refractivity contribution in [3.8, 4) is 17.6 Å². The van der Waals surface area contributed by atoms with Crippen LogP contribution in [0.2, 0.25) is 0 Å². The Labute approximate surface area is 226 Å². The molecule has 3 aromatic rings. The van der Waals surface area contributed by atoms with Crippen LogP contribution in [0.15, 0.2) is 78.9 Å². The van der Waals surface area contributed by atoms with Crippen molar-refractivity contribution < 1.29 is 9.53 Å². The Kier molecular flexibility index (Phi) is 8.31. The number of benzene rings is 3. The van der Waals surface area contributed by atoms with Crippen molar-refractivity contribution in [2.75, 3.05) is 32.1 Å². The van der Waals surface area contributed by atoms with E-state index >= 15 is 0 Å². The molecule has 5 nitrogen and oxygen atoms in total. The van der Waals surface area contributed by atoms with Gasteiger partial charge in [0.15, 0.2) is 0 Å². The molecule has 2 heterocycles. The molecule has 5 heteroatoms. The van der Waals surface area contributed by atoms with Crippen molar-refractivity contribution >= 4 is 11.7 Å². The maximum Gasteiger partial charge on any atom is 0.321 e. The number of urea groups is 1. The van der Waals surface area contributed by atoms with Gasteiger partial charge >= 0.3 is 6.03 Å². The van der Waals surface area contributed by atoms with E-state index in [1.54, 1.807) is 7.11 Å². The fraction of sp³-hybridized carbons (Fsp3) is 0.364. The van der Waals surface area contributed by atoms with Gasteiger partial charge in [0.25, 0.3) is 0 Å². The van der Waals surface area contributed by atoms with Gasteiger partial charge in [-0.25, -0.2) is 4.79 Å². The van der Waals surface area contributed by atoms with Crippen LogP contribution in [-0.4, -0.2) is 54.7 Å². The van der Waals surface area contributed by atoms with E-state index in [1.807, 2.05) is 59.5 Å². The first-order chi connectivity index (χ1) is 18.7. The quantitative estimate of drug-likeness (QED) is 0.409. The van der Waals surface area contributed by atoms with E-state index in [9.17, 15) is 4.79 Å². The highest BCUT2D eigenvalue weighted by Crippen LogP contribution is 2.44. The lowest BCUT2D eigenvalue weighted by molar-refractivity contribution is -0.0392. The number of anilines is 1. The van der Waals surface area contributed by atoms with Crippen LogP contribution in [-0.2, 0) is 0 Å². The van der Waals surface area contributed by atoms with Gasteiger partial charge in [-0.15, -0.1) is 0 Å². The van der Waals surface area contributed by atoms with E-state index in [4.69, 9.17) is 4.74 Å². The van der Waals surface area contributed by atoms with Crippen molar-refractivity contribution in [3.05, 3.63) is 95.6 Å². The molecule has 3 aromatic carbocycles. The average molecular weight is 508 g/mol. The molecule has 0 bridgehead atoms. The molecule has 196 valence electrons. The van der Waals surface area contributed by atoms with Gasteiger partial charge in [0.1, 0.15) is 5.75 Å². The van der Waals surface area contributed by atoms with Gasteiger partial charge in [-0.2, -0.15) is 0 Å². The van der Waals surface area contributed by atoms with E-state index in [1.165, 1.54) is 12.0 Å². The topological polar surface area (TPSA) is 44.8 Å². The number of ether oxygens (including phenoxy) is 1. The number of nitrogens with one attached hydrogen (secondary N) is 1. The van der Waals surface area contributed by atoms with Gasteiger partial charge in [0.05, 0.1) is 7.11 Å². The zero-order valence-electron chi connectivity index (χ0n) is 22.4. The molecule has 3 atom stereocenters. The molecule has 0 aromatic heterocycles. The maximum atomic E-state index is 13.3. The monoisotopic (exact) mass is 507 g/mol. The second kappa shape index (κ2) is 12.2. The average Bonchev–Trinajstić information content (AvgIpc) is 2.94. The zero-order valence-corrected chi connectivity index (χ0v) is 22.4. The summed E-state index contributed by atoms with van der Waals surface area (Å²) in [4.78, 5) is 18.0. The predicted molar refractivity (Wildman–Crippen MR) is 154 cm³/mol. The Morgan fingerprint density at radius 2 is 1.61 bits per heavy atom. The first-order valence-corrected chi connectivity index (χ1v) is 13.8. The predicted octanol–water partition coefficient (Wildman–Crippen LogP) is 6.36. The third-order valence-corrected chi connectivity index (χ3v) is 7.82. The third kappa shape index (κ3) is 5.87. The van der Waals surface area contributed by atoms with Crippen LogP contribution in [0.4, 0.5) is 10.5 Å². The number of methoxy groups -OCH3 is 1. The molecule has 5 rings (SSSR count). The summed E-state index contributed by atoms with van der Waals surface area (Å²) < 4.78 is 5.24. The summed E-state index contributed by atoms with van der Waals surface area (Å²) in [5.41, 5.74) is 4.19. The Balaban J connectivity index is 1.31. The molecule has 2 saturated heterocycles. The lowest BCUT2D eigenvalue weighted by atomic mass is 9.72. The number of carbonyl (C=O) groups is 1. The van der Waals surface area contributed by atoms with Crippen LogP contribution in [0.3, 0.4) is 0 Å². The second-order valence-corrected chi connectivity index (χ2v) is 10.2. The SMILES string of the molecule is CCC[C@@H]1[C@H](c2ccc(C#Cc3ccccc3)cc2)[C@@H]2CN(C(=O)Nc3ccc(OC)cc3)CCCCN12. The molecular weight excluding hydrogens is 470 g/mol. The Bertz CT molecular complexity index is 1260. The molecule has 0 unspecified atom stereocenters. The summed E-state index contributed by atoms with van der Waals surface area (Å²) in [7, 11) is 1.64. The van der Waals surface area contributed by atoms with Gasteiger partial charge in [-0.1, -0.05) is 55.5 Å². The summed E-state index contributed by atoms with van der Waals surface area (Å²) in [6.07, 6.45) is 4.47. The van der Waals surface area contributed by atoms with Crippen LogP contribution in [0.1, 0.15) is 55.2 Å². The smallest absolute Gasteiger partial charge is 0.321 e. The summed E-state index contributed by atoms with van der Waals surface area (Å²) in [5.74, 6) is 7.75. The summed E-state index contributed by atoms with van der Waals surface area (Å²) >= 11 is 0. The number of amides is 2. The summed E-state index contributed by atoms with van der Waals surface area (Å²) in [5, 5.41) is 3.09. The van der Waals surface area contributed by atoms with E-state index in [2.05, 4.69) is 53.2 Å². The summed E-state index contributed by atoms with van der Waals surface area (Å²) in [6.45, 7) is 4.90. The van der Waals surface area contributed by atoms with Gasteiger partial charge in [-0.3, -0.25) is 4.90 Å². The number of nitrogens with zero attached hydrogens (tertiary/aromatic N) is 2. The molecule has 0 radical (unpaired) electrons. The number of carbonyl (C=O) groups excluding carboxylic acids is 1. The van der Waals surface area contributed by atoms with Gasteiger partial charge < -0.3 is 15.0 Å². The molecule has 2 amide bonds. The number of hydrogen-bond acceptors (Lipinski definition) is 3. The van der Waals surface area contributed by atoms with Crippen molar-refractivity contribution in [3.63, 3.8) is 0 Å². The van der Waals surface area contributed by atoms with Crippen LogP contribution >= 0.6 is 0 Å². The fourth-order valence-corrected chi connectivity index (χ4v) is 5.88.